The number of hydrogen-bond donors (Lipinski definition) is 1. The number of nitrogens with one attached hydrogen (secondary N) is 1. The van der Waals surface area contributed by atoms with Crippen molar-refractivity contribution in [1.82, 2.24) is 4.31 Å². The van der Waals surface area contributed by atoms with Gasteiger partial charge >= 0.3 is 5.97 Å². The maximum atomic E-state index is 12.7. The van der Waals surface area contributed by atoms with Gasteiger partial charge in [-0.05, 0) is 37.1 Å². The lowest BCUT2D eigenvalue weighted by molar-refractivity contribution is -0.383. The van der Waals surface area contributed by atoms with Gasteiger partial charge in [0.05, 0.1) is 20.4 Å². The molecular formula is C19H18ClN3O7S. The smallest absolute Gasteiger partial charge is 0.340 e. The Labute approximate surface area is 183 Å². The first-order valence-corrected chi connectivity index (χ1v) is 11.0. The number of amides is 1. The molecule has 0 spiro atoms. The zero-order valence-corrected chi connectivity index (χ0v) is 17.7. The minimum absolute atomic E-state index is 0.0375. The monoisotopic (exact) mass is 467 g/mol. The highest BCUT2D eigenvalue weighted by atomic mass is 35.5. The third-order valence-electron chi connectivity index (χ3n) is 4.57. The molecule has 1 amide bonds. The highest BCUT2D eigenvalue weighted by Crippen LogP contribution is 2.26. The molecular weight excluding hydrogens is 450 g/mol. The van der Waals surface area contributed by atoms with Gasteiger partial charge in [0.15, 0.2) is 6.61 Å². The Morgan fingerprint density at radius 2 is 1.84 bits per heavy atom. The number of esters is 1. The van der Waals surface area contributed by atoms with Crippen molar-refractivity contribution in [2.45, 2.75) is 17.7 Å². The lowest BCUT2D eigenvalue weighted by Gasteiger charge is -2.16. The molecule has 1 saturated heterocycles. The SMILES string of the molecule is O=C(COC(=O)c1cc(S(=O)(=O)N2CCCC2)ccc1Cl)Nc1ccccc1[N+](=O)[O-]. The number of rotatable bonds is 7. The second-order valence-electron chi connectivity index (χ2n) is 6.65. The van der Waals surface area contributed by atoms with E-state index in [1.54, 1.807) is 0 Å². The minimum Gasteiger partial charge on any atom is -0.452 e. The van der Waals surface area contributed by atoms with Crippen molar-refractivity contribution in [2.24, 2.45) is 0 Å². The van der Waals surface area contributed by atoms with Crippen LogP contribution in [-0.2, 0) is 19.6 Å². The summed E-state index contributed by atoms with van der Waals surface area (Å²) in [5.74, 6) is -1.80. The summed E-state index contributed by atoms with van der Waals surface area (Å²) in [5.41, 5.74) is -0.573. The van der Waals surface area contributed by atoms with Crippen molar-refractivity contribution in [3.8, 4) is 0 Å². The second kappa shape index (κ2) is 9.41. The van der Waals surface area contributed by atoms with E-state index in [-0.39, 0.29) is 26.9 Å². The summed E-state index contributed by atoms with van der Waals surface area (Å²) in [6.07, 6.45) is 1.52. The molecule has 0 aliphatic carbocycles. The lowest BCUT2D eigenvalue weighted by atomic mass is 10.2. The molecule has 1 heterocycles. The van der Waals surface area contributed by atoms with Crippen LogP contribution < -0.4 is 5.32 Å². The zero-order valence-electron chi connectivity index (χ0n) is 16.1. The molecule has 1 N–H and O–H groups in total. The fourth-order valence-electron chi connectivity index (χ4n) is 3.03. The topological polar surface area (TPSA) is 136 Å². The maximum Gasteiger partial charge on any atom is 0.340 e. The van der Waals surface area contributed by atoms with Gasteiger partial charge in [-0.15, -0.1) is 0 Å². The minimum atomic E-state index is -3.77. The van der Waals surface area contributed by atoms with Gasteiger partial charge in [0, 0.05) is 19.2 Å². The quantitative estimate of drug-likeness (QED) is 0.375. The third-order valence-corrected chi connectivity index (χ3v) is 6.79. The Morgan fingerprint density at radius 3 is 2.52 bits per heavy atom. The van der Waals surface area contributed by atoms with Crippen LogP contribution in [0.2, 0.25) is 5.02 Å². The van der Waals surface area contributed by atoms with Crippen LogP contribution in [0.25, 0.3) is 0 Å². The van der Waals surface area contributed by atoms with Gasteiger partial charge in [-0.1, -0.05) is 23.7 Å². The molecule has 1 aliphatic heterocycles. The molecule has 2 aromatic carbocycles. The Hall–Kier alpha value is -3.02. The predicted molar refractivity (Wildman–Crippen MR) is 111 cm³/mol. The number of carbonyl (C=O) groups is 2. The van der Waals surface area contributed by atoms with Crippen LogP contribution in [0.1, 0.15) is 23.2 Å². The number of para-hydroxylation sites is 2. The number of nitro benzene ring substituents is 1. The van der Waals surface area contributed by atoms with Gasteiger partial charge in [0.1, 0.15) is 5.69 Å². The Bertz CT molecular complexity index is 1130. The first-order chi connectivity index (χ1) is 14.7. The Morgan fingerprint density at radius 1 is 1.16 bits per heavy atom. The van der Waals surface area contributed by atoms with E-state index in [0.717, 1.165) is 18.9 Å². The number of hydrogen-bond acceptors (Lipinski definition) is 7. The average molecular weight is 468 g/mol. The van der Waals surface area contributed by atoms with Crippen molar-refractivity contribution in [1.29, 1.82) is 0 Å². The van der Waals surface area contributed by atoms with Gasteiger partial charge < -0.3 is 10.1 Å². The summed E-state index contributed by atoms with van der Waals surface area (Å²) in [7, 11) is -3.77. The highest BCUT2D eigenvalue weighted by Gasteiger charge is 2.28. The van der Waals surface area contributed by atoms with Crippen molar-refractivity contribution in [3.63, 3.8) is 0 Å². The summed E-state index contributed by atoms with van der Waals surface area (Å²) in [6, 6.07) is 9.18. The number of carbonyl (C=O) groups excluding carboxylic acids is 2. The van der Waals surface area contributed by atoms with Gasteiger partial charge in [0.2, 0.25) is 10.0 Å². The fraction of sp³-hybridized carbons (Fsp3) is 0.263. The van der Waals surface area contributed by atoms with Gasteiger partial charge in [-0.25, -0.2) is 13.2 Å². The number of nitrogens with zero attached hydrogens (tertiary/aromatic N) is 2. The molecule has 1 aliphatic rings. The number of ether oxygens (including phenoxy) is 1. The average Bonchev–Trinajstić information content (AvgIpc) is 3.28. The van der Waals surface area contributed by atoms with Crippen LogP contribution >= 0.6 is 11.6 Å². The molecule has 0 bridgehead atoms. The van der Waals surface area contributed by atoms with Crippen molar-refractivity contribution in [2.75, 3.05) is 25.0 Å². The molecule has 12 heteroatoms. The van der Waals surface area contributed by atoms with Crippen molar-refractivity contribution in [3.05, 3.63) is 63.2 Å². The van der Waals surface area contributed by atoms with E-state index in [4.69, 9.17) is 16.3 Å². The van der Waals surface area contributed by atoms with Crippen LogP contribution in [0.15, 0.2) is 47.4 Å². The first-order valence-electron chi connectivity index (χ1n) is 9.20. The van der Waals surface area contributed by atoms with Crippen LogP contribution in [0, 0.1) is 10.1 Å². The standard InChI is InChI=1S/C19H18ClN3O7S/c20-15-8-7-13(31(28,29)22-9-3-4-10-22)11-14(15)19(25)30-12-18(24)21-16-5-1-2-6-17(16)23(26)27/h1-2,5-8,11H,3-4,9-10,12H2,(H,21,24). The van der Waals surface area contributed by atoms with E-state index >= 15 is 0 Å². The molecule has 10 nitrogen and oxygen atoms in total. The summed E-state index contributed by atoms with van der Waals surface area (Å²) in [5, 5.41) is 13.3. The Balaban J connectivity index is 1.69. The molecule has 3 rings (SSSR count). The first kappa shape index (κ1) is 22.7. The van der Waals surface area contributed by atoms with E-state index in [1.807, 2.05) is 0 Å². The van der Waals surface area contributed by atoms with E-state index in [0.29, 0.717) is 13.1 Å². The number of nitro groups is 1. The predicted octanol–water partition coefficient (Wildman–Crippen LogP) is 2.83. The highest BCUT2D eigenvalue weighted by molar-refractivity contribution is 7.89. The lowest BCUT2D eigenvalue weighted by Crippen LogP contribution is -2.28. The molecule has 1 fully saturated rings. The number of sulfonamides is 1. The third kappa shape index (κ3) is 5.19. The molecule has 0 atom stereocenters. The summed E-state index contributed by atoms with van der Waals surface area (Å²) < 4.78 is 31.6. The van der Waals surface area contributed by atoms with Crippen LogP contribution in [0.4, 0.5) is 11.4 Å². The number of anilines is 1. The normalized spacial score (nSPS) is 14.2. The second-order valence-corrected chi connectivity index (χ2v) is 9.00. The molecule has 31 heavy (non-hydrogen) atoms. The van der Waals surface area contributed by atoms with Gasteiger partial charge in [0.25, 0.3) is 11.6 Å². The number of halogens is 1. The summed E-state index contributed by atoms with van der Waals surface area (Å²) >= 11 is 6.02. The van der Waals surface area contributed by atoms with Gasteiger partial charge in [-0.3, -0.25) is 14.9 Å². The molecule has 0 aromatic heterocycles. The van der Waals surface area contributed by atoms with E-state index in [1.165, 1.54) is 40.7 Å². The molecule has 0 unspecified atom stereocenters. The number of benzene rings is 2. The largest absolute Gasteiger partial charge is 0.452 e. The maximum absolute atomic E-state index is 12.7. The van der Waals surface area contributed by atoms with Gasteiger partial charge in [-0.2, -0.15) is 4.31 Å². The van der Waals surface area contributed by atoms with Crippen molar-refractivity contribution < 1.29 is 27.7 Å². The summed E-state index contributed by atoms with van der Waals surface area (Å²) in [6.45, 7) is 0.0530. The molecule has 2 aromatic rings. The fourth-order valence-corrected chi connectivity index (χ4v) is 4.77. The zero-order chi connectivity index (χ0) is 22.6. The molecule has 0 radical (unpaired) electrons. The Kier molecular flexibility index (Phi) is 6.88. The van der Waals surface area contributed by atoms with Crippen LogP contribution in [0.3, 0.4) is 0 Å². The molecule has 164 valence electrons. The van der Waals surface area contributed by atoms with E-state index in [2.05, 4.69) is 5.32 Å². The van der Waals surface area contributed by atoms with Crippen LogP contribution in [-0.4, -0.2) is 49.2 Å². The molecule has 0 saturated carbocycles. The van der Waals surface area contributed by atoms with Crippen LogP contribution in [0.5, 0.6) is 0 Å². The van der Waals surface area contributed by atoms with Crippen molar-refractivity contribution >= 4 is 44.9 Å². The van der Waals surface area contributed by atoms with E-state index < -0.39 is 33.4 Å². The summed E-state index contributed by atoms with van der Waals surface area (Å²) in [4.78, 5) is 34.7. The van der Waals surface area contributed by atoms with E-state index in [9.17, 15) is 28.1 Å².